The highest BCUT2D eigenvalue weighted by molar-refractivity contribution is 5.94. The Morgan fingerprint density at radius 1 is 1.12 bits per heavy atom. The topological polar surface area (TPSA) is 61.9 Å². The number of piperazine rings is 1. The van der Waals surface area contributed by atoms with Gasteiger partial charge in [0.05, 0.1) is 6.54 Å². The van der Waals surface area contributed by atoms with Crippen LogP contribution < -0.4 is 10.1 Å². The van der Waals surface area contributed by atoms with Crippen molar-refractivity contribution in [2.75, 3.05) is 39.3 Å². The minimum atomic E-state index is -4.76. The lowest BCUT2D eigenvalue weighted by Gasteiger charge is -2.34. The molecule has 0 bridgehead atoms. The third-order valence-corrected chi connectivity index (χ3v) is 3.74. The molecule has 1 aromatic rings. The summed E-state index contributed by atoms with van der Waals surface area (Å²) in [5, 5.41) is 2.72. The van der Waals surface area contributed by atoms with Gasteiger partial charge in [0.2, 0.25) is 5.91 Å². The van der Waals surface area contributed by atoms with Gasteiger partial charge in [0.15, 0.2) is 0 Å². The van der Waals surface area contributed by atoms with Crippen LogP contribution in [0.5, 0.6) is 5.75 Å². The number of alkyl halides is 3. The molecule has 1 aromatic carbocycles. The Kier molecular flexibility index (Phi) is 6.24. The van der Waals surface area contributed by atoms with E-state index in [1.165, 1.54) is 12.1 Å². The van der Waals surface area contributed by atoms with E-state index in [2.05, 4.69) is 10.1 Å². The number of amides is 2. The number of carbonyl (C=O) groups excluding carboxylic acids is 2. The van der Waals surface area contributed by atoms with Crippen molar-refractivity contribution < 1.29 is 27.5 Å². The van der Waals surface area contributed by atoms with Gasteiger partial charge in [-0.25, -0.2) is 0 Å². The molecule has 1 heterocycles. The zero-order valence-corrected chi connectivity index (χ0v) is 13.8. The maximum atomic E-state index is 12.4. The zero-order chi connectivity index (χ0) is 18.4. The van der Waals surface area contributed by atoms with Crippen LogP contribution in [-0.2, 0) is 4.79 Å². The van der Waals surface area contributed by atoms with Gasteiger partial charge < -0.3 is 15.0 Å². The van der Waals surface area contributed by atoms with E-state index >= 15 is 0 Å². The minimum Gasteiger partial charge on any atom is -0.406 e. The molecule has 138 valence electrons. The first-order valence-electron chi connectivity index (χ1n) is 7.92. The monoisotopic (exact) mass is 359 g/mol. The van der Waals surface area contributed by atoms with E-state index in [0.29, 0.717) is 44.8 Å². The highest BCUT2D eigenvalue weighted by atomic mass is 19.4. The average molecular weight is 359 g/mol. The minimum absolute atomic E-state index is 0.0532. The van der Waals surface area contributed by atoms with Crippen molar-refractivity contribution in [2.45, 2.75) is 13.3 Å². The van der Waals surface area contributed by atoms with Crippen molar-refractivity contribution >= 4 is 11.8 Å². The van der Waals surface area contributed by atoms with E-state index in [0.717, 1.165) is 12.1 Å². The van der Waals surface area contributed by atoms with E-state index in [1.807, 2.05) is 11.8 Å². The molecule has 2 amide bonds. The molecule has 25 heavy (non-hydrogen) atoms. The van der Waals surface area contributed by atoms with Crippen molar-refractivity contribution in [1.82, 2.24) is 15.1 Å². The van der Waals surface area contributed by atoms with Gasteiger partial charge in [-0.3, -0.25) is 14.5 Å². The summed E-state index contributed by atoms with van der Waals surface area (Å²) in [6, 6.07) is 4.85. The first-order valence-corrected chi connectivity index (χ1v) is 7.92. The molecule has 1 N–H and O–H groups in total. The molecule has 1 saturated heterocycles. The van der Waals surface area contributed by atoms with Gasteiger partial charge >= 0.3 is 6.36 Å². The molecule has 0 atom stereocenters. The second kappa shape index (κ2) is 8.19. The number of benzene rings is 1. The summed E-state index contributed by atoms with van der Waals surface area (Å²) in [7, 11) is 0. The summed E-state index contributed by atoms with van der Waals surface area (Å²) >= 11 is 0. The van der Waals surface area contributed by atoms with Crippen molar-refractivity contribution in [3.8, 4) is 5.75 Å². The predicted molar refractivity (Wildman–Crippen MR) is 84.2 cm³/mol. The number of nitrogens with one attached hydrogen (secondary N) is 1. The molecule has 0 spiro atoms. The molecule has 0 saturated carbocycles. The smallest absolute Gasteiger partial charge is 0.406 e. The Morgan fingerprint density at radius 3 is 2.24 bits per heavy atom. The number of ether oxygens (including phenoxy) is 1. The van der Waals surface area contributed by atoms with Crippen LogP contribution in [0.2, 0.25) is 0 Å². The zero-order valence-electron chi connectivity index (χ0n) is 13.8. The Morgan fingerprint density at radius 2 is 1.72 bits per heavy atom. The lowest BCUT2D eigenvalue weighted by molar-refractivity contribution is -0.274. The van der Waals surface area contributed by atoms with Crippen LogP contribution in [0.3, 0.4) is 0 Å². The summed E-state index contributed by atoms with van der Waals surface area (Å²) < 4.78 is 40.2. The van der Waals surface area contributed by atoms with E-state index in [4.69, 9.17) is 0 Å². The largest absolute Gasteiger partial charge is 0.573 e. The Labute approximate surface area is 143 Å². The van der Waals surface area contributed by atoms with Gasteiger partial charge in [0.25, 0.3) is 5.91 Å². The lowest BCUT2D eigenvalue weighted by Crippen LogP contribution is -2.51. The number of carbonyl (C=O) groups is 2. The Bertz CT molecular complexity index is 597. The highest BCUT2D eigenvalue weighted by Gasteiger charge is 2.31. The summed E-state index contributed by atoms with van der Waals surface area (Å²) in [4.78, 5) is 27.5. The van der Waals surface area contributed by atoms with Crippen LogP contribution in [0, 0.1) is 0 Å². The quantitative estimate of drug-likeness (QED) is 0.865. The lowest BCUT2D eigenvalue weighted by atomic mass is 10.1. The van der Waals surface area contributed by atoms with Crippen LogP contribution in [0.25, 0.3) is 0 Å². The summed E-state index contributed by atoms with van der Waals surface area (Å²) in [5.74, 6) is -0.672. The highest BCUT2D eigenvalue weighted by Crippen LogP contribution is 2.23. The number of likely N-dealkylation sites (N-methyl/N-ethyl adjacent to an activating group) is 1. The van der Waals surface area contributed by atoms with Crippen LogP contribution in [0.15, 0.2) is 24.3 Å². The molecule has 1 aliphatic heterocycles. The predicted octanol–water partition coefficient (Wildman–Crippen LogP) is 1.48. The molecular formula is C16H20F3N3O3. The van der Waals surface area contributed by atoms with Crippen molar-refractivity contribution in [1.29, 1.82) is 0 Å². The van der Waals surface area contributed by atoms with Gasteiger partial charge in [-0.1, -0.05) is 0 Å². The average Bonchev–Trinajstić information content (AvgIpc) is 2.54. The van der Waals surface area contributed by atoms with Gasteiger partial charge in [0, 0.05) is 38.3 Å². The summed E-state index contributed by atoms with van der Waals surface area (Å²) in [6.45, 7) is 4.76. The molecule has 2 rings (SSSR count). The molecular weight excluding hydrogens is 339 g/mol. The van der Waals surface area contributed by atoms with Crippen LogP contribution >= 0.6 is 0 Å². The van der Waals surface area contributed by atoms with E-state index in [-0.39, 0.29) is 17.6 Å². The van der Waals surface area contributed by atoms with Crippen LogP contribution in [0.1, 0.15) is 17.3 Å². The van der Waals surface area contributed by atoms with Gasteiger partial charge in [-0.15, -0.1) is 13.2 Å². The maximum absolute atomic E-state index is 12.4. The van der Waals surface area contributed by atoms with E-state index in [9.17, 15) is 22.8 Å². The molecule has 6 nitrogen and oxygen atoms in total. The van der Waals surface area contributed by atoms with Gasteiger partial charge in [-0.2, -0.15) is 0 Å². The fourth-order valence-electron chi connectivity index (χ4n) is 2.55. The third kappa shape index (κ3) is 5.93. The summed E-state index contributed by atoms with van der Waals surface area (Å²) in [6.07, 6.45) is -4.76. The summed E-state index contributed by atoms with van der Waals surface area (Å²) in [5.41, 5.74) is 0.298. The Balaban J connectivity index is 1.86. The molecule has 0 unspecified atom stereocenters. The standard InChI is InChI=1S/C16H20F3N3O3/c1-2-20-14(23)11-21-7-9-22(10-8-21)15(24)12-3-5-13(6-4-12)25-16(17,18)19/h3-6H,2,7-11H2,1H3,(H,20,23). The number of hydrogen-bond acceptors (Lipinski definition) is 4. The van der Waals surface area contributed by atoms with E-state index < -0.39 is 6.36 Å². The number of rotatable bonds is 5. The molecule has 0 aromatic heterocycles. The number of halogens is 3. The number of nitrogens with zero attached hydrogens (tertiary/aromatic N) is 2. The molecule has 9 heteroatoms. The van der Waals surface area contributed by atoms with Gasteiger partial charge in [-0.05, 0) is 31.2 Å². The second-order valence-electron chi connectivity index (χ2n) is 5.59. The van der Waals surface area contributed by atoms with Crippen LogP contribution in [0.4, 0.5) is 13.2 Å². The van der Waals surface area contributed by atoms with Crippen molar-refractivity contribution in [2.24, 2.45) is 0 Å². The third-order valence-electron chi connectivity index (χ3n) is 3.74. The van der Waals surface area contributed by atoms with Gasteiger partial charge in [0.1, 0.15) is 5.75 Å². The van der Waals surface area contributed by atoms with Crippen molar-refractivity contribution in [3.05, 3.63) is 29.8 Å². The van der Waals surface area contributed by atoms with E-state index in [1.54, 1.807) is 4.90 Å². The second-order valence-corrected chi connectivity index (χ2v) is 5.59. The van der Waals surface area contributed by atoms with Crippen LogP contribution in [-0.4, -0.2) is 67.2 Å². The van der Waals surface area contributed by atoms with Crippen molar-refractivity contribution in [3.63, 3.8) is 0 Å². The molecule has 0 radical (unpaired) electrons. The SMILES string of the molecule is CCNC(=O)CN1CCN(C(=O)c2ccc(OC(F)(F)F)cc2)CC1. The number of hydrogen-bond donors (Lipinski definition) is 1. The fourth-order valence-corrected chi connectivity index (χ4v) is 2.55. The molecule has 1 fully saturated rings. The molecule has 1 aliphatic rings. The first kappa shape index (κ1) is 19.0. The normalized spacial score (nSPS) is 15.8. The maximum Gasteiger partial charge on any atom is 0.573 e. The first-order chi connectivity index (χ1) is 11.8. The Hall–Kier alpha value is -2.29. The molecule has 0 aliphatic carbocycles. The fraction of sp³-hybridized carbons (Fsp3) is 0.500.